The highest BCUT2D eigenvalue weighted by Gasteiger charge is 2.32. The molecule has 1 fully saturated rings. The Morgan fingerprint density at radius 2 is 1.70 bits per heavy atom. The van der Waals surface area contributed by atoms with Gasteiger partial charge in [-0.3, -0.25) is 0 Å². The highest BCUT2D eigenvalue weighted by Crippen LogP contribution is 2.22. The van der Waals surface area contributed by atoms with Crippen molar-refractivity contribution in [2.24, 2.45) is 5.92 Å². The van der Waals surface area contributed by atoms with Crippen molar-refractivity contribution >= 4 is 35.8 Å². The van der Waals surface area contributed by atoms with E-state index in [4.69, 9.17) is 32.5 Å². The first-order chi connectivity index (χ1) is 9.65. The van der Waals surface area contributed by atoms with Crippen molar-refractivity contribution in [3.63, 3.8) is 0 Å². The van der Waals surface area contributed by atoms with E-state index in [2.05, 4.69) is 13.8 Å². The fourth-order valence-corrected chi connectivity index (χ4v) is 3.29. The van der Waals surface area contributed by atoms with Gasteiger partial charge in [-0.25, -0.2) is 0 Å². The summed E-state index contributed by atoms with van der Waals surface area (Å²) in [5.74, 6) is 0.480. The normalized spacial score (nSPS) is 16.7. The minimum atomic E-state index is -0.432. The molecule has 20 heavy (non-hydrogen) atoms. The molecular formula is C15H21BCl2O2. The summed E-state index contributed by atoms with van der Waals surface area (Å²) in [6.45, 7) is 5.73. The summed E-state index contributed by atoms with van der Waals surface area (Å²) in [5, 5.41) is 1.28. The molecule has 5 heteroatoms. The monoisotopic (exact) mass is 314 g/mol. The second kappa shape index (κ2) is 7.70. The molecule has 2 rings (SSSR count). The number of hydrogen-bond acceptors (Lipinski definition) is 2. The van der Waals surface area contributed by atoms with Crippen LogP contribution in [0.2, 0.25) is 10.0 Å². The molecule has 1 aromatic carbocycles. The second-order valence-electron chi connectivity index (χ2n) is 5.38. The molecule has 0 aliphatic carbocycles. The van der Waals surface area contributed by atoms with Crippen LogP contribution in [0.25, 0.3) is 0 Å². The van der Waals surface area contributed by atoms with Crippen LogP contribution < -0.4 is 5.46 Å². The molecule has 0 aromatic heterocycles. The van der Waals surface area contributed by atoms with Crippen molar-refractivity contribution in [3.8, 4) is 0 Å². The zero-order valence-corrected chi connectivity index (χ0v) is 13.6. The first-order valence-electron chi connectivity index (χ1n) is 7.36. The quantitative estimate of drug-likeness (QED) is 0.762. The molecule has 0 radical (unpaired) electrons. The third-order valence-corrected chi connectivity index (χ3v) is 4.20. The van der Waals surface area contributed by atoms with Gasteiger partial charge in [-0.05, 0) is 30.5 Å². The van der Waals surface area contributed by atoms with Gasteiger partial charge in [0.25, 0.3) is 0 Å². The van der Waals surface area contributed by atoms with E-state index in [1.165, 1.54) is 0 Å². The highest BCUT2D eigenvalue weighted by molar-refractivity contribution is 6.68. The predicted octanol–water partition coefficient (Wildman–Crippen LogP) is 4.10. The minimum absolute atomic E-state index is 0.432. The number of benzene rings is 1. The van der Waals surface area contributed by atoms with E-state index < -0.39 is 7.12 Å². The maximum absolute atomic E-state index is 6.36. The van der Waals surface area contributed by atoms with Gasteiger partial charge in [0.1, 0.15) is 0 Å². The van der Waals surface area contributed by atoms with E-state index in [1.54, 1.807) is 0 Å². The molecule has 0 bridgehead atoms. The summed E-state index contributed by atoms with van der Waals surface area (Å²) in [4.78, 5) is 0. The summed E-state index contributed by atoms with van der Waals surface area (Å²) in [5.41, 5.74) is 1.93. The minimum Gasteiger partial charge on any atom is -0.407 e. The fourth-order valence-electron chi connectivity index (χ4n) is 2.58. The van der Waals surface area contributed by atoms with E-state index in [1.807, 2.05) is 12.1 Å². The Bertz CT molecular complexity index is 422. The molecule has 0 spiro atoms. The Hall–Kier alpha value is -0.215. The van der Waals surface area contributed by atoms with Gasteiger partial charge in [-0.1, -0.05) is 49.9 Å². The maximum atomic E-state index is 6.36. The molecule has 0 saturated carbocycles. The van der Waals surface area contributed by atoms with Crippen LogP contribution >= 0.6 is 23.2 Å². The third kappa shape index (κ3) is 3.91. The Morgan fingerprint density at radius 1 is 1.10 bits per heavy atom. The molecule has 1 aliphatic rings. The molecule has 110 valence electrons. The smallest absolute Gasteiger partial charge is 0.407 e. The van der Waals surface area contributed by atoms with Crippen molar-refractivity contribution in [1.82, 2.24) is 0 Å². The molecule has 0 N–H and O–H groups in total. The topological polar surface area (TPSA) is 18.5 Å². The zero-order valence-electron chi connectivity index (χ0n) is 12.1. The van der Waals surface area contributed by atoms with Crippen molar-refractivity contribution in [3.05, 3.63) is 27.7 Å². The van der Waals surface area contributed by atoms with E-state index in [9.17, 15) is 0 Å². The van der Waals surface area contributed by atoms with Crippen molar-refractivity contribution in [2.45, 2.75) is 39.5 Å². The van der Waals surface area contributed by atoms with Crippen LogP contribution in [0.1, 0.15) is 38.7 Å². The lowest BCUT2D eigenvalue weighted by atomic mass is 9.76. The molecule has 0 amide bonds. The van der Waals surface area contributed by atoms with E-state index in [0.29, 0.717) is 29.2 Å². The van der Waals surface area contributed by atoms with E-state index in [-0.39, 0.29) is 0 Å². The Labute approximate surface area is 131 Å². The van der Waals surface area contributed by atoms with Gasteiger partial charge in [-0.2, -0.15) is 0 Å². The molecule has 1 aliphatic heterocycles. The van der Waals surface area contributed by atoms with Gasteiger partial charge in [0, 0.05) is 34.6 Å². The Balaban J connectivity index is 2.10. The van der Waals surface area contributed by atoms with E-state index in [0.717, 1.165) is 36.7 Å². The lowest BCUT2D eigenvalue weighted by Crippen LogP contribution is -2.45. The summed E-state index contributed by atoms with van der Waals surface area (Å²) in [7, 11) is -0.432. The van der Waals surface area contributed by atoms with Crippen molar-refractivity contribution < 1.29 is 9.31 Å². The van der Waals surface area contributed by atoms with Crippen LogP contribution in [0.5, 0.6) is 0 Å². The first kappa shape index (κ1) is 16.2. The average Bonchev–Trinajstić information content (AvgIpc) is 2.40. The lowest BCUT2D eigenvalue weighted by molar-refractivity contribution is 0.0821. The van der Waals surface area contributed by atoms with Crippen molar-refractivity contribution in [2.75, 3.05) is 13.2 Å². The van der Waals surface area contributed by atoms with Crippen LogP contribution in [0, 0.1) is 5.92 Å². The SMILES string of the molecule is CCCc1cc(Cl)c(B2OCC(CCC)CO2)c(Cl)c1. The first-order valence-corrected chi connectivity index (χ1v) is 8.12. The number of halogens is 2. The second-order valence-corrected chi connectivity index (χ2v) is 6.19. The molecule has 0 unspecified atom stereocenters. The van der Waals surface area contributed by atoms with Gasteiger partial charge in [0.2, 0.25) is 0 Å². The molecule has 0 atom stereocenters. The molecule has 1 saturated heterocycles. The summed E-state index contributed by atoms with van der Waals surface area (Å²) in [6.07, 6.45) is 4.32. The zero-order chi connectivity index (χ0) is 14.5. The van der Waals surface area contributed by atoms with Gasteiger partial charge >= 0.3 is 7.12 Å². The largest absolute Gasteiger partial charge is 0.496 e. The summed E-state index contributed by atoms with van der Waals surface area (Å²) in [6, 6.07) is 3.94. The highest BCUT2D eigenvalue weighted by atomic mass is 35.5. The average molecular weight is 315 g/mol. The standard InChI is InChI=1S/C15H21BCl2O2/c1-3-5-11-7-13(17)15(14(18)8-11)16-19-9-12(6-4-2)10-20-16/h7-8,12H,3-6,9-10H2,1-2H3. The van der Waals surface area contributed by atoms with Gasteiger partial charge in [-0.15, -0.1) is 0 Å². The number of aryl methyl sites for hydroxylation is 1. The van der Waals surface area contributed by atoms with Crippen molar-refractivity contribution in [1.29, 1.82) is 0 Å². The van der Waals surface area contributed by atoms with Gasteiger partial charge < -0.3 is 9.31 Å². The van der Waals surface area contributed by atoms with E-state index >= 15 is 0 Å². The Kier molecular flexibility index (Phi) is 6.22. The fraction of sp³-hybridized carbons (Fsp3) is 0.600. The Morgan fingerprint density at radius 3 is 2.20 bits per heavy atom. The maximum Gasteiger partial charge on any atom is 0.496 e. The lowest BCUT2D eigenvalue weighted by Gasteiger charge is -2.28. The summed E-state index contributed by atoms with van der Waals surface area (Å²) >= 11 is 12.7. The number of hydrogen-bond donors (Lipinski definition) is 0. The van der Waals surface area contributed by atoms with Crippen LogP contribution in [0.3, 0.4) is 0 Å². The van der Waals surface area contributed by atoms with Gasteiger partial charge in [0.15, 0.2) is 0 Å². The van der Waals surface area contributed by atoms with Gasteiger partial charge in [0.05, 0.1) is 0 Å². The van der Waals surface area contributed by atoms with Crippen LogP contribution in [-0.4, -0.2) is 20.3 Å². The molecule has 2 nitrogen and oxygen atoms in total. The molecular weight excluding hydrogens is 294 g/mol. The number of rotatable bonds is 5. The molecule has 1 heterocycles. The predicted molar refractivity (Wildman–Crippen MR) is 86.1 cm³/mol. The van der Waals surface area contributed by atoms with Crippen LogP contribution in [0.15, 0.2) is 12.1 Å². The summed E-state index contributed by atoms with van der Waals surface area (Å²) < 4.78 is 11.6. The van der Waals surface area contributed by atoms with Crippen LogP contribution in [0.4, 0.5) is 0 Å². The van der Waals surface area contributed by atoms with Crippen LogP contribution in [-0.2, 0) is 15.7 Å². The third-order valence-electron chi connectivity index (χ3n) is 3.58. The molecule has 1 aromatic rings.